The zero-order valence-electron chi connectivity index (χ0n) is 19.0. The van der Waals surface area contributed by atoms with Gasteiger partial charge in [0.15, 0.2) is 6.61 Å². The van der Waals surface area contributed by atoms with E-state index in [1.165, 1.54) is 12.1 Å². The maximum atomic E-state index is 13.4. The summed E-state index contributed by atoms with van der Waals surface area (Å²) in [5, 5.41) is 0.630. The highest BCUT2D eigenvalue weighted by atomic mass is 35.5. The number of rotatable bonds is 7. The highest BCUT2D eigenvalue weighted by Gasteiger charge is 2.35. The quantitative estimate of drug-likeness (QED) is 0.615. The number of morpholine rings is 1. The van der Waals surface area contributed by atoms with Gasteiger partial charge in [-0.1, -0.05) is 23.7 Å². The molecule has 6 nitrogen and oxygen atoms in total. The van der Waals surface area contributed by atoms with Crippen LogP contribution in [0, 0.1) is 5.82 Å². The van der Waals surface area contributed by atoms with Crippen LogP contribution in [0.1, 0.15) is 12.5 Å². The number of benzene rings is 2. The summed E-state index contributed by atoms with van der Waals surface area (Å²) in [6.45, 7) is 8.28. The minimum Gasteiger partial charge on any atom is -0.484 e. The van der Waals surface area contributed by atoms with Crippen LogP contribution in [-0.4, -0.2) is 85.2 Å². The second-order valence-electron chi connectivity index (χ2n) is 8.76. The second kappa shape index (κ2) is 11.3. The standard InChI is InChI=1S/C25H31ClFN3O3/c1-19-14-29(15-20-2-6-22(27)7-3-20)23(16-28-10-12-32-13-11-28)17-30(19)25(31)18-33-24-8-4-21(26)5-9-24/h2-9,19,23H,10-18H2,1H3/t19-,23-/m0/s1. The Morgan fingerprint density at radius 1 is 1.09 bits per heavy atom. The summed E-state index contributed by atoms with van der Waals surface area (Å²) in [7, 11) is 0. The molecule has 2 fully saturated rings. The Kier molecular flexibility index (Phi) is 8.20. The molecule has 0 unspecified atom stereocenters. The van der Waals surface area contributed by atoms with Gasteiger partial charge < -0.3 is 14.4 Å². The summed E-state index contributed by atoms with van der Waals surface area (Å²) in [6, 6.07) is 13.9. The number of carbonyl (C=O) groups excluding carboxylic acids is 1. The van der Waals surface area contributed by atoms with E-state index in [0.717, 1.165) is 51.5 Å². The van der Waals surface area contributed by atoms with Gasteiger partial charge in [0.1, 0.15) is 11.6 Å². The van der Waals surface area contributed by atoms with Crippen LogP contribution in [0.15, 0.2) is 48.5 Å². The Bertz CT molecular complexity index is 906. The first-order valence-corrected chi connectivity index (χ1v) is 11.8. The molecule has 4 rings (SSSR count). The van der Waals surface area contributed by atoms with Crippen molar-refractivity contribution in [3.63, 3.8) is 0 Å². The first kappa shape index (κ1) is 24.0. The van der Waals surface area contributed by atoms with Gasteiger partial charge in [-0.15, -0.1) is 0 Å². The molecule has 2 saturated heterocycles. The van der Waals surface area contributed by atoms with E-state index in [1.54, 1.807) is 24.3 Å². The van der Waals surface area contributed by atoms with Gasteiger partial charge in [0, 0.05) is 56.4 Å². The lowest BCUT2D eigenvalue weighted by atomic mass is 10.0. The molecule has 2 aromatic rings. The van der Waals surface area contributed by atoms with Crippen molar-refractivity contribution in [1.82, 2.24) is 14.7 Å². The molecule has 0 aliphatic carbocycles. The third kappa shape index (κ3) is 6.67. The molecule has 2 atom stereocenters. The highest BCUT2D eigenvalue weighted by Crippen LogP contribution is 2.21. The third-order valence-corrected chi connectivity index (χ3v) is 6.57. The Hall–Kier alpha value is -2.19. The van der Waals surface area contributed by atoms with Crippen molar-refractivity contribution in [3.05, 3.63) is 64.9 Å². The van der Waals surface area contributed by atoms with Gasteiger partial charge in [-0.2, -0.15) is 0 Å². The van der Waals surface area contributed by atoms with Crippen molar-refractivity contribution in [2.45, 2.75) is 25.6 Å². The van der Waals surface area contributed by atoms with E-state index >= 15 is 0 Å². The molecular weight excluding hydrogens is 445 g/mol. The van der Waals surface area contributed by atoms with Gasteiger partial charge in [0.2, 0.25) is 0 Å². The van der Waals surface area contributed by atoms with E-state index in [9.17, 15) is 9.18 Å². The molecule has 2 aliphatic rings. The molecule has 2 aliphatic heterocycles. The molecule has 8 heteroatoms. The van der Waals surface area contributed by atoms with Crippen LogP contribution in [0.3, 0.4) is 0 Å². The van der Waals surface area contributed by atoms with Gasteiger partial charge in [0.25, 0.3) is 5.91 Å². The van der Waals surface area contributed by atoms with Gasteiger partial charge in [-0.25, -0.2) is 4.39 Å². The summed E-state index contributed by atoms with van der Waals surface area (Å²) in [5.74, 6) is 0.374. The molecular formula is C25H31ClFN3O3. The van der Waals surface area contributed by atoms with Crippen LogP contribution in [-0.2, 0) is 16.1 Å². The minimum atomic E-state index is -0.229. The van der Waals surface area contributed by atoms with Crippen LogP contribution in [0.4, 0.5) is 4.39 Å². The van der Waals surface area contributed by atoms with E-state index in [1.807, 2.05) is 17.0 Å². The molecule has 1 amide bonds. The number of hydrogen-bond acceptors (Lipinski definition) is 5. The molecule has 2 heterocycles. The summed E-state index contributed by atoms with van der Waals surface area (Å²) >= 11 is 5.92. The Morgan fingerprint density at radius 3 is 2.48 bits per heavy atom. The van der Waals surface area contributed by atoms with Crippen LogP contribution < -0.4 is 4.74 Å². The largest absolute Gasteiger partial charge is 0.484 e. The van der Waals surface area contributed by atoms with E-state index in [-0.39, 0.29) is 30.4 Å². The lowest BCUT2D eigenvalue weighted by Gasteiger charge is -2.47. The number of ether oxygens (including phenoxy) is 2. The van der Waals surface area contributed by atoms with E-state index < -0.39 is 0 Å². The van der Waals surface area contributed by atoms with Crippen molar-refractivity contribution >= 4 is 17.5 Å². The van der Waals surface area contributed by atoms with E-state index in [0.29, 0.717) is 17.3 Å². The smallest absolute Gasteiger partial charge is 0.260 e. The predicted molar refractivity (Wildman–Crippen MR) is 126 cm³/mol. The maximum Gasteiger partial charge on any atom is 0.260 e. The highest BCUT2D eigenvalue weighted by molar-refractivity contribution is 6.30. The summed E-state index contributed by atoms with van der Waals surface area (Å²) < 4.78 is 24.6. The zero-order chi connectivity index (χ0) is 23.2. The third-order valence-electron chi connectivity index (χ3n) is 6.32. The van der Waals surface area contributed by atoms with E-state index in [4.69, 9.17) is 21.1 Å². The first-order valence-electron chi connectivity index (χ1n) is 11.4. The molecule has 0 radical (unpaired) electrons. The number of carbonyl (C=O) groups is 1. The number of piperazine rings is 1. The van der Waals surface area contributed by atoms with Crippen molar-refractivity contribution < 1.29 is 18.7 Å². The van der Waals surface area contributed by atoms with Gasteiger partial charge in [0.05, 0.1) is 13.2 Å². The van der Waals surface area contributed by atoms with Crippen molar-refractivity contribution in [2.24, 2.45) is 0 Å². The lowest BCUT2D eigenvalue weighted by Crippen LogP contribution is -2.62. The monoisotopic (exact) mass is 475 g/mol. The Labute approximate surface area is 199 Å². The van der Waals surface area contributed by atoms with Crippen molar-refractivity contribution in [3.8, 4) is 5.75 Å². The van der Waals surface area contributed by atoms with Gasteiger partial charge in [-0.05, 0) is 48.9 Å². The normalized spacial score (nSPS) is 22.3. The Balaban J connectivity index is 1.42. The summed E-state index contributed by atoms with van der Waals surface area (Å²) in [6.07, 6.45) is 0. The average Bonchev–Trinajstić information content (AvgIpc) is 2.82. The van der Waals surface area contributed by atoms with E-state index in [2.05, 4.69) is 16.7 Å². The molecule has 178 valence electrons. The molecule has 0 saturated carbocycles. The fraction of sp³-hybridized carbons (Fsp3) is 0.480. The average molecular weight is 476 g/mol. The van der Waals surface area contributed by atoms with Gasteiger partial charge >= 0.3 is 0 Å². The molecule has 0 N–H and O–H groups in total. The maximum absolute atomic E-state index is 13.4. The molecule has 0 aromatic heterocycles. The predicted octanol–water partition coefficient (Wildman–Crippen LogP) is 3.29. The molecule has 2 aromatic carbocycles. The van der Waals surface area contributed by atoms with Crippen LogP contribution in [0.25, 0.3) is 0 Å². The second-order valence-corrected chi connectivity index (χ2v) is 9.20. The number of nitrogens with zero attached hydrogens (tertiary/aromatic N) is 3. The summed E-state index contributed by atoms with van der Waals surface area (Å²) in [5.41, 5.74) is 1.07. The van der Waals surface area contributed by atoms with Gasteiger partial charge in [-0.3, -0.25) is 14.6 Å². The fourth-order valence-electron chi connectivity index (χ4n) is 4.49. The number of amides is 1. The minimum absolute atomic E-state index is 0.00575. The summed E-state index contributed by atoms with van der Waals surface area (Å²) in [4.78, 5) is 19.8. The molecule has 0 spiro atoms. The SMILES string of the molecule is C[C@H]1CN(Cc2ccc(F)cc2)[C@@H](CN2CCOCC2)CN1C(=O)COc1ccc(Cl)cc1. The molecule has 33 heavy (non-hydrogen) atoms. The van der Waals surface area contributed by atoms with Crippen LogP contribution >= 0.6 is 11.6 Å². The lowest BCUT2D eigenvalue weighted by molar-refractivity contribution is -0.140. The van der Waals surface area contributed by atoms with Crippen molar-refractivity contribution in [1.29, 1.82) is 0 Å². The number of hydrogen-bond donors (Lipinski definition) is 0. The number of halogens is 2. The Morgan fingerprint density at radius 2 is 1.79 bits per heavy atom. The zero-order valence-corrected chi connectivity index (χ0v) is 19.7. The van der Waals surface area contributed by atoms with Crippen LogP contribution in [0.5, 0.6) is 5.75 Å². The van der Waals surface area contributed by atoms with Crippen molar-refractivity contribution in [2.75, 3.05) is 52.5 Å². The fourth-order valence-corrected chi connectivity index (χ4v) is 4.61. The topological polar surface area (TPSA) is 45.2 Å². The first-order chi connectivity index (χ1) is 16.0. The molecule has 0 bridgehead atoms. The van der Waals surface area contributed by atoms with Crippen LogP contribution in [0.2, 0.25) is 5.02 Å².